The molecule has 0 aliphatic rings. The van der Waals surface area contributed by atoms with Crippen LogP contribution in [0.5, 0.6) is 0 Å². The first-order valence-electron chi connectivity index (χ1n) is 7.42. The predicted octanol–water partition coefficient (Wildman–Crippen LogP) is 4.58. The summed E-state index contributed by atoms with van der Waals surface area (Å²) in [6.07, 6.45) is 0. The lowest BCUT2D eigenvalue weighted by Crippen LogP contribution is -2.43. The smallest absolute Gasteiger partial charge is 0.233 e. The van der Waals surface area contributed by atoms with Crippen LogP contribution in [0.1, 0.15) is 27.7 Å². The molecule has 3 heteroatoms. The molecule has 1 amide bonds. The summed E-state index contributed by atoms with van der Waals surface area (Å²) in [5, 5.41) is 2.46. The van der Waals surface area contributed by atoms with Crippen molar-refractivity contribution in [2.24, 2.45) is 0 Å². The van der Waals surface area contributed by atoms with E-state index in [1.165, 1.54) is 10.8 Å². The summed E-state index contributed by atoms with van der Waals surface area (Å²) in [5.41, 5.74) is 0. The first kappa shape index (κ1) is 15.9. The Morgan fingerprint density at radius 3 is 2.24 bits per heavy atom. The molecule has 2 aromatic carbocycles. The molecule has 2 rings (SSSR count). The second-order valence-electron chi connectivity index (χ2n) is 5.79. The van der Waals surface area contributed by atoms with Crippen LogP contribution in [0.4, 0.5) is 0 Å². The minimum atomic E-state index is 0.207. The van der Waals surface area contributed by atoms with Gasteiger partial charge in [0.2, 0.25) is 5.91 Å². The first-order valence-corrected chi connectivity index (χ1v) is 8.40. The average Bonchev–Trinajstić information content (AvgIpc) is 2.44. The zero-order chi connectivity index (χ0) is 15.4. The summed E-state index contributed by atoms with van der Waals surface area (Å²) in [4.78, 5) is 15.5. The van der Waals surface area contributed by atoms with Crippen LogP contribution in [0, 0.1) is 0 Å². The second-order valence-corrected chi connectivity index (χ2v) is 6.83. The quantitative estimate of drug-likeness (QED) is 0.754. The Bertz CT molecular complexity index is 613. The van der Waals surface area contributed by atoms with Gasteiger partial charge in [0.25, 0.3) is 0 Å². The third-order valence-corrected chi connectivity index (χ3v) is 4.46. The van der Waals surface area contributed by atoms with Gasteiger partial charge in [-0.15, -0.1) is 11.8 Å². The number of amides is 1. The molecule has 0 atom stereocenters. The number of carbonyl (C=O) groups is 1. The zero-order valence-electron chi connectivity index (χ0n) is 13.2. The van der Waals surface area contributed by atoms with E-state index < -0.39 is 0 Å². The highest BCUT2D eigenvalue weighted by molar-refractivity contribution is 8.00. The number of fused-ring (bicyclic) bond motifs is 1. The average molecular weight is 301 g/mol. The van der Waals surface area contributed by atoms with Gasteiger partial charge in [0.05, 0.1) is 5.75 Å². The minimum Gasteiger partial charge on any atom is -0.337 e. The summed E-state index contributed by atoms with van der Waals surface area (Å²) in [5.74, 6) is 0.701. The Balaban J connectivity index is 2.05. The molecule has 0 spiro atoms. The van der Waals surface area contributed by atoms with Gasteiger partial charge in [-0.05, 0) is 50.6 Å². The number of thioether (sulfide) groups is 1. The van der Waals surface area contributed by atoms with Crippen LogP contribution in [-0.4, -0.2) is 28.6 Å². The SMILES string of the molecule is CC(C)N(C(=O)CSc1ccc2ccccc2c1)C(C)C. The maximum Gasteiger partial charge on any atom is 0.233 e. The number of carbonyl (C=O) groups excluding carboxylic acids is 1. The molecule has 0 radical (unpaired) electrons. The molecule has 0 heterocycles. The zero-order valence-corrected chi connectivity index (χ0v) is 14.0. The van der Waals surface area contributed by atoms with Gasteiger partial charge in [0.15, 0.2) is 0 Å². The molecule has 0 unspecified atom stereocenters. The summed E-state index contributed by atoms with van der Waals surface area (Å²) >= 11 is 1.62. The maximum atomic E-state index is 12.4. The van der Waals surface area contributed by atoms with Crippen LogP contribution >= 0.6 is 11.8 Å². The number of hydrogen-bond donors (Lipinski definition) is 0. The number of benzene rings is 2. The van der Waals surface area contributed by atoms with E-state index >= 15 is 0 Å². The van der Waals surface area contributed by atoms with Crippen molar-refractivity contribution in [2.45, 2.75) is 44.7 Å². The topological polar surface area (TPSA) is 20.3 Å². The van der Waals surface area contributed by atoms with Crippen LogP contribution < -0.4 is 0 Å². The molecule has 0 saturated carbocycles. The Morgan fingerprint density at radius 2 is 1.62 bits per heavy atom. The van der Waals surface area contributed by atoms with E-state index in [2.05, 4.69) is 58.0 Å². The van der Waals surface area contributed by atoms with Gasteiger partial charge in [-0.3, -0.25) is 4.79 Å². The molecule has 0 saturated heterocycles. The Kier molecular flexibility index (Phi) is 5.29. The summed E-state index contributed by atoms with van der Waals surface area (Å²) in [6, 6.07) is 15.2. The van der Waals surface area contributed by atoms with Gasteiger partial charge >= 0.3 is 0 Å². The van der Waals surface area contributed by atoms with Gasteiger partial charge in [-0.1, -0.05) is 30.3 Å². The van der Waals surface area contributed by atoms with Crippen LogP contribution in [0.15, 0.2) is 47.4 Å². The molecular formula is C18H23NOS. The Labute approximate surface area is 131 Å². The highest BCUT2D eigenvalue weighted by atomic mass is 32.2. The fourth-order valence-electron chi connectivity index (χ4n) is 2.65. The van der Waals surface area contributed by atoms with Gasteiger partial charge < -0.3 is 4.90 Å². The molecule has 21 heavy (non-hydrogen) atoms. The Hall–Kier alpha value is -1.48. The van der Waals surface area contributed by atoms with Crippen molar-refractivity contribution in [3.63, 3.8) is 0 Å². The van der Waals surface area contributed by atoms with E-state index in [0.29, 0.717) is 5.75 Å². The van der Waals surface area contributed by atoms with Crippen molar-refractivity contribution < 1.29 is 4.79 Å². The van der Waals surface area contributed by atoms with Gasteiger partial charge in [0, 0.05) is 17.0 Å². The van der Waals surface area contributed by atoms with Crippen molar-refractivity contribution >= 4 is 28.4 Å². The largest absolute Gasteiger partial charge is 0.337 e. The molecule has 112 valence electrons. The summed E-state index contributed by atoms with van der Waals surface area (Å²) < 4.78 is 0. The highest BCUT2D eigenvalue weighted by Gasteiger charge is 2.19. The van der Waals surface area contributed by atoms with E-state index in [9.17, 15) is 4.79 Å². The predicted molar refractivity (Wildman–Crippen MR) is 91.8 cm³/mol. The second kappa shape index (κ2) is 6.99. The molecule has 2 aromatic rings. The number of rotatable bonds is 5. The van der Waals surface area contributed by atoms with E-state index in [1.54, 1.807) is 11.8 Å². The molecule has 0 aliphatic carbocycles. The molecule has 0 aromatic heterocycles. The lowest BCUT2D eigenvalue weighted by molar-refractivity contribution is -0.131. The van der Waals surface area contributed by atoms with E-state index in [-0.39, 0.29) is 18.0 Å². The Morgan fingerprint density at radius 1 is 1.00 bits per heavy atom. The third-order valence-electron chi connectivity index (χ3n) is 3.48. The normalized spacial score (nSPS) is 11.3. The maximum absolute atomic E-state index is 12.4. The fourth-order valence-corrected chi connectivity index (χ4v) is 3.46. The van der Waals surface area contributed by atoms with Crippen molar-refractivity contribution in [3.05, 3.63) is 42.5 Å². The van der Waals surface area contributed by atoms with Crippen LogP contribution in [0.25, 0.3) is 10.8 Å². The first-order chi connectivity index (χ1) is 9.99. The van der Waals surface area contributed by atoms with Crippen LogP contribution in [0.3, 0.4) is 0 Å². The molecular weight excluding hydrogens is 278 g/mol. The molecule has 0 aliphatic heterocycles. The van der Waals surface area contributed by atoms with Crippen molar-refractivity contribution in [1.82, 2.24) is 4.90 Å². The number of hydrogen-bond acceptors (Lipinski definition) is 2. The van der Waals surface area contributed by atoms with Crippen molar-refractivity contribution in [2.75, 3.05) is 5.75 Å². The lowest BCUT2D eigenvalue weighted by Gasteiger charge is -2.30. The monoisotopic (exact) mass is 301 g/mol. The molecule has 0 fully saturated rings. The molecule has 0 N–H and O–H groups in total. The standard InChI is InChI=1S/C18H23NOS/c1-13(2)19(14(3)4)18(20)12-21-17-10-9-15-7-5-6-8-16(15)11-17/h5-11,13-14H,12H2,1-4H3. The number of nitrogens with zero attached hydrogens (tertiary/aromatic N) is 1. The van der Waals surface area contributed by atoms with Gasteiger partial charge in [-0.2, -0.15) is 0 Å². The van der Waals surface area contributed by atoms with Crippen LogP contribution in [0.2, 0.25) is 0 Å². The molecule has 0 bridgehead atoms. The van der Waals surface area contributed by atoms with Crippen molar-refractivity contribution in [3.8, 4) is 0 Å². The van der Waals surface area contributed by atoms with E-state index in [0.717, 1.165) is 4.90 Å². The van der Waals surface area contributed by atoms with E-state index in [1.807, 2.05) is 17.0 Å². The van der Waals surface area contributed by atoms with Crippen LogP contribution in [-0.2, 0) is 4.79 Å². The summed E-state index contributed by atoms with van der Waals surface area (Å²) in [6.45, 7) is 8.27. The van der Waals surface area contributed by atoms with E-state index in [4.69, 9.17) is 0 Å². The lowest BCUT2D eigenvalue weighted by atomic mass is 10.1. The minimum absolute atomic E-state index is 0.207. The fraction of sp³-hybridized carbons (Fsp3) is 0.389. The summed E-state index contributed by atoms with van der Waals surface area (Å²) in [7, 11) is 0. The van der Waals surface area contributed by atoms with Gasteiger partial charge in [0.1, 0.15) is 0 Å². The van der Waals surface area contributed by atoms with Crippen molar-refractivity contribution in [1.29, 1.82) is 0 Å². The highest BCUT2D eigenvalue weighted by Crippen LogP contribution is 2.24. The third kappa shape index (κ3) is 4.01. The molecule has 2 nitrogen and oxygen atoms in total. The van der Waals surface area contributed by atoms with Gasteiger partial charge in [-0.25, -0.2) is 0 Å².